The molecule has 0 amide bonds. The molecule has 0 unspecified atom stereocenters. The minimum Gasteiger partial charge on any atom is -0.419 e. The molecular formula is C23H21Cl3N4O2. The van der Waals surface area contributed by atoms with E-state index in [-0.39, 0.29) is 12.0 Å². The Kier molecular flexibility index (Phi) is 6.32. The lowest BCUT2D eigenvalue weighted by molar-refractivity contribution is 0.185. The molecule has 0 saturated heterocycles. The van der Waals surface area contributed by atoms with Crippen LogP contribution in [0.25, 0.3) is 28.5 Å². The fraction of sp³-hybridized carbons (Fsp3) is 0.261. The predicted octanol–water partition coefficient (Wildman–Crippen LogP) is 6.99. The minimum absolute atomic E-state index is 0.270. The monoisotopic (exact) mass is 490 g/mol. The van der Waals surface area contributed by atoms with Crippen molar-refractivity contribution in [3.05, 3.63) is 69.0 Å². The summed E-state index contributed by atoms with van der Waals surface area (Å²) in [5.41, 5.74) is 3.31. The number of nitrogens with zero attached hydrogens (tertiary/aromatic N) is 4. The van der Waals surface area contributed by atoms with Crippen LogP contribution in [0.2, 0.25) is 15.1 Å². The van der Waals surface area contributed by atoms with Gasteiger partial charge in [0.25, 0.3) is 5.89 Å². The Balaban J connectivity index is 2.01. The van der Waals surface area contributed by atoms with Crippen LogP contribution in [0.3, 0.4) is 0 Å². The molecule has 0 atom stereocenters. The van der Waals surface area contributed by atoms with Gasteiger partial charge in [0.15, 0.2) is 5.69 Å². The Labute approximate surface area is 201 Å². The third-order valence-electron chi connectivity index (χ3n) is 4.80. The standard InChI is InChI=1S/C23H21Cl3N4O2/c1-23(2,3)22-28-27-21(32-22)19-16(12-31-4)20(13-5-7-14(24)8-6-13)30(29-19)18-10-9-15(25)11-17(18)26/h5-11H,12H2,1-4H3. The molecule has 2 heterocycles. The largest absolute Gasteiger partial charge is 0.419 e. The molecule has 0 fully saturated rings. The minimum atomic E-state index is -0.298. The van der Waals surface area contributed by atoms with Crippen LogP contribution in [0.1, 0.15) is 32.2 Å². The first kappa shape index (κ1) is 22.8. The van der Waals surface area contributed by atoms with E-state index in [4.69, 9.17) is 49.1 Å². The highest BCUT2D eigenvalue weighted by Gasteiger charge is 2.28. The molecule has 0 aliphatic rings. The van der Waals surface area contributed by atoms with E-state index in [0.717, 1.165) is 16.8 Å². The van der Waals surface area contributed by atoms with Crippen molar-refractivity contribution in [1.29, 1.82) is 0 Å². The molecule has 9 heteroatoms. The van der Waals surface area contributed by atoms with E-state index in [9.17, 15) is 0 Å². The van der Waals surface area contributed by atoms with Crippen molar-refractivity contribution in [2.75, 3.05) is 7.11 Å². The quantitative estimate of drug-likeness (QED) is 0.301. The number of halogens is 3. The normalized spacial score (nSPS) is 11.8. The maximum atomic E-state index is 6.55. The van der Waals surface area contributed by atoms with Gasteiger partial charge in [0.05, 0.1) is 23.0 Å². The average molecular weight is 492 g/mol. The smallest absolute Gasteiger partial charge is 0.268 e. The Morgan fingerprint density at radius 1 is 0.969 bits per heavy atom. The van der Waals surface area contributed by atoms with Gasteiger partial charge in [-0.05, 0) is 30.3 Å². The average Bonchev–Trinajstić information content (AvgIpc) is 3.34. The van der Waals surface area contributed by atoms with Crippen molar-refractivity contribution in [2.24, 2.45) is 0 Å². The van der Waals surface area contributed by atoms with Crippen LogP contribution >= 0.6 is 34.8 Å². The van der Waals surface area contributed by atoms with Gasteiger partial charge in [0.1, 0.15) is 0 Å². The molecule has 0 N–H and O–H groups in total. The summed E-state index contributed by atoms with van der Waals surface area (Å²) in [6, 6.07) is 12.7. The molecule has 0 spiro atoms. The summed E-state index contributed by atoms with van der Waals surface area (Å²) >= 11 is 18.8. The van der Waals surface area contributed by atoms with Crippen molar-refractivity contribution in [3.8, 4) is 28.5 Å². The van der Waals surface area contributed by atoms with Crippen LogP contribution in [0.15, 0.2) is 46.9 Å². The summed E-state index contributed by atoms with van der Waals surface area (Å²) in [6.45, 7) is 6.29. The molecule has 6 nitrogen and oxygen atoms in total. The SMILES string of the molecule is COCc1c(-c2nnc(C(C)(C)C)o2)nn(-c2ccc(Cl)cc2Cl)c1-c1ccc(Cl)cc1. The second kappa shape index (κ2) is 8.87. The van der Waals surface area contributed by atoms with Crippen LogP contribution in [0, 0.1) is 0 Å². The second-order valence-corrected chi connectivity index (χ2v) is 9.57. The van der Waals surface area contributed by atoms with E-state index < -0.39 is 0 Å². The van der Waals surface area contributed by atoms with Gasteiger partial charge in [-0.25, -0.2) is 4.68 Å². The molecule has 0 aliphatic heterocycles. The van der Waals surface area contributed by atoms with Gasteiger partial charge < -0.3 is 9.15 Å². The van der Waals surface area contributed by atoms with E-state index in [2.05, 4.69) is 10.2 Å². The van der Waals surface area contributed by atoms with Crippen molar-refractivity contribution in [3.63, 3.8) is 0 Å². The van der Waals surface area contributed by atoms with Gasteiger partial charge >= 0.3 is 0 Å². The number of aromatic nitrogens is 4. The summed E-state index contributed by atoms with van der Waals surface area (Å²) in [6.07, 6.45) is 0. The molecule has 0 bridgehead atoms. The van der Waals surface area contributed by atoms with Gasteiger partial charge in [0.2, 0.25) is 5.89 Å². The predicted molar refractivity (Wildman–Crippen MR) is 127 cm³/mol. The number of rotatable bonds is 5. The van der Waals surface area contributed by atoms with E-state index in [0.29, 0.717) is 38.2 Å². The molecule has 2 aromatic carbocycles. The number of hydrogen-bond donors (Lipinski definition) is 0. The van der Waals surface area contributed by atoms with Crippen LogP contribution in [0.5, 0.6) is 0 Å². The zero-order chi connectivity index (χ0) is 23.0. The Morgan fingerprint density at radius 2 is 1.66 bits per heavy atom. The molecule has 0 aliphatic carbocycles. The summed E-state index contributed by atoms with van der Waals surface area (Å²) in [4.78, 5) is 0. The first-order chi connectivity index (χ1) is 15.2. The lowest BCUT2D eigenvalue weighted by atomic mass is 9.97. The molecular weight excluding hydrogens is 471 g/mol. The van der Waals surface area contributed by atoms with E-state index in [1.807, 2.05) is 51.1 Å². The maximum Gasteiger partial charge on any atom is 0.268 e. The highest BCUT2D eigenvalue weighted by Crippen LogP contribution is 2.37. The van der Waals surface area contributed by atoms with Crippen molar-refractivity contribution in [1.82, 2.24) is 20.0 Å². The van der Waals surface area contributed by atoms with Crippen LogP contribution < -0.4 is 0 Å². The summed E-state index contributed by atoms with van der Waals surface area (Å²) in [5, 5.41) is 14.9. The van der Waals surface area contributed by atoms with E-state index >= 15 is 0 Å². The fourth-order valence-corrected chi connectivity index (χ4v) is 3.87. The highest BCUT2D eigenvalue weighted by atomic mass is 35.5. The topological polar surface area (TPSA) is 66.0 Å². The molecule has 32 heavy (non-hydrogen) atoms. The zero-order valence-electron chi connectivity index (χ0n) is 18.0. The first-order valence-electron chi connectivity index (χ1n) is 9.85. The van der Waals surface area contributed by atoms with Gasteiger partial charge in [0, 0.05) is 33.7 Å². The lowest BCUT2D eigenvalue weighted by Crippen LogP contribution is -2.11. The number of ether oxygens (including phenoxy) is 1. The Morgan fingerprint density at radius 3 is 2.25 bits per heavy atom. The van der Waals surface area contributed by atoms with Gasteiger partial charge in [-0.1, -0.05) is 67.7 Å². The Bertz CT molecular complexity index is 1260. The molecule has 4 aromatic rings. The van der Waals surface area contributed by atoms with Crippen molar-refractivity contribution in [2.45, 2.75) is 32.8 Å². The summed E-state index contributed by atoms with van der Waals surface area (Å²) in [5.74, 6) is 0.823. The van der Waals surface area contributed by atoms with E-state index in [1.165, 1.54) is 0 Å². The Hall–Kier alpha value is -2.38. The van der Waals surface area contributed by atoms with Crippen molar-refractivity contribution < 1.29 is 9.15 Å². The maximum absolute atomic E-state index is 6.55. The van der Waals surface area contributed by atoms with Gasteiger partial charge in [-0.3, -0.25) is 0 Å². The number of methoxy groups -OCH3 is 1. The van der Waals surface area contributed by atoms with E-state index in [1.54, 1.807) is 23.9 Å². The third kappa shape index (κ3) is 4.41. The van der Waals surface area contributed by atoms with Gasteiger partial charge in [-0.15, -0.1) is 10.2 Å². The first-order valence-corrected chi connectivity index (χ1v) is 11.0. The van der Waals surface area contributed by atoms with Crippen LogP contribution in [-0.4, -0.2) is 27.1 Å². The molecule has 2 aromatic heterocycles. The van der Waals surface area contributed by atoms with Gasteiger partial charge in [-0.2, -0.15) is 5.10 Å². The second-order valence-electron chi connectivity index (χ2n) is 8.29. The van der Waals surface area contributed by atoms with Crippen LogP contribution in [0.4, 0.5) is 0 Å². The third-order valence-corrected chi connectivity index (χ3v) is 5.59. The molecule has 0 saturated carbocycles. The molecule has 166 valence electrons. The summed E-state index contributed by atoms with van der Waals surface area (Å²) < 4.78 is 13.3. The van der Waals surface area contributed by atoms with Crippen LogP contribution in [-0.2, 0) is 16.8 Å². The summed E-state index contributed by atoms with van der Waals surface area (Å²) in [7, 11) is 1.62. The van der Waals surface area contributed by atoms with Crippen molar-refractivity contribution >= 4 is 34.8 Å². The zero-order valence-corrected chi connectivity index (χ0v) is 20.3. The number of benzene rings is 2. The number of hydrogen-bond acceptors (Lipinski definition) is 5. The lowest BCUT2D eigenvalue weighted by Gasteiger charge is -2.12. The molecule has 0 radical (unpaired) electrons. The fourth-order valence-electron chi connectivity index (χ4n) is 3.26. The molecule has 4 rings (SSSR count). The highest BCUT2D eigenvalue weighted by molar-refractivity contribution is 6.35.